The van der Waals surface area contributed by atoms with Crippen molar-refractivity contribution in [2.75, 3.05) is 19.8 Å². The van der Waals surface area contributed by atoms with Gasteiger partial charge in [0.05, 0.1) is 19.8 Å². The van der Waals surface area contributed by atoms with E-state index in [-0.39, 0.29) is 0 Å². The summed E-state index contributed by atoms with van der Waals surface area (Å²) in [5, 5.41) is 93.4. The normalized spacial score (nSPS) is 45.8. The highest BCUT2D eigenvalue weighted by molar-refractivity contribution is 7.80. The highest BCUT2D eigenvalue weighted by Gasteiger charge is 2.54. The molecule has 15 atom stereocenters. The topological polar surface area (TPSA) is 321 Å². The predicted molar refractivity (Wildman–Crippen MR) is 123 cm³/mol. The van der Waals surface area contributed by atoms with Crippen LogP contribution in [-0.2, 0) is 43.1 Å². The first-order chi connectivity index (χ1) is 19.1. The molecule has 3 saturated heterocycles. The number of carbonyl (C=O) groups excluding carboxylic acids is 1. The minimum Gasteiger partial charge on any atom is -0.394 e. The van der Waals surface area contributed by atoms with Crippen molar-refractivity contribution >= 4 is 16.3 Å². The van der Waals surface area contributed by atoms with Gasteiger partial charge in [-0.15, -0.1) is 0 Å². The van der Waals surface area contributed by atoms with E-state index in [0.29, 0.717) is 0 Å². The summed E-state index contributed by atoms with van der Waals surface area (Å²) in [5.41, 5.74) is 0. The zero-order valence-electron chi connectivity index (χ0n) is 21.3. The Bertz CT molecular complexity index is 970. The number of nitrogens with one attached hydrogen (secondary N) is 1. The van der Waals surface area contributed by atoms with Crippen molar-refractivity contribution in [2.45, 2.75) is 99.0 Å². The van der Waals surface area contributed by atoms with Crippen molar-refractivity contribution < 1.29 is 91.6 Å². The first kappa shape index (κ1) is 34.3. The summed E-state index contributed by atoms with van der Waals surface area (Å²) in [7, 11) is -5.26. The third kappa shape index (κ3) is 7.84. The summed E-state index contributed by atoms with van der Waals surface area (Å²) >= 11 is 0. The van der Waals surface area contributed by atoms with Gasteiger partial charge < -0.3 is 75.0 Å². The van der Waals surface area contributed by atoms with Crippen LogP contribution < -0.4 is 5.32 Å². The molecular weight excluding hydrogens is 590 g/mol. The summed E-state index contributed by atoms with van der Waals surface area (Å²) in [5.74, 6) is -0.838. The molecule has 3 aliphatic rings. The fraction of sp³-hybridized carbons (Fsp3) is 0.950. The van der Waals surface area contributed by atoms with Crippen LogP contribution in [0.25, 0.3) is 0 Å². The molecule has 41 heavy (non-hydrogen) atoms. The van der Waals surface area contributed by atoms with E-state index in [4.69, 9.17) is 23.7 Å². The maximum absolute atomic E-state index is 11.9. The van der Waals surface area contributed by atoms with Gasteiger partial charge in [0.25, 0.3) is 0 Å². The van der Waals surface area contributed by atoms with E-state index in [1.807, 2.05) is 0 Å². The van der Waals surface area contributed by atoms with Gasteiger partial charge in [0.2, 0.25) is 5.91 Å². The van der Waals surface area contributed by atoms with E-state index in [1.165, 1.54) is 0 Å². The van der Waals surface area contributed by atoms with Crippen molar-refractivity contribution in [3.63, 3.8) is 0 Å². The lowest BCUT2D eigenvalue weighted by Crippen LogP contribution is -2.69. The standard InChI is InChI=1S/C20H35NO19S/c1-5(25)21-9-16(40-41(32,33)34)10(26)6(2-22)36-19(9)39-17-11(27)7(3-23)37-20(14(17)30)38-15-8(4-24)35-18(31)13(29)12(15)28/h6-20,22-24,26-31H,2-4H2,1H3,(H,21,25)(H,32,33,34)/t6-,7-,8-,9-,10+,11+,12-,13-,14-,15+,16-,17+,18-,19+,20-/m1/s1. The smallest absolute Gasteiger partial charge is 0.394 e. The number of carbonyl (C=O) groups is 1. The van der Waals surface area contributed by atoms with Gasteiger partial charge in [0.15, 0.2) is 18.9 Å². The van der Waals surface area contributed by atoms with E-state index >= 15 is 0 Å². The van der Waals surface area contributed by atoms with Gasteiger partial charge in [-0.25, -0.2) is 4.18 Å². The van der Waals surface area contributed by atoms with Crippen LogP contribution in [-0.4, -0.2) is 177 Å². The second kappa shape index (κ2) is 14.0. The average Bonchev–Trinajstić information content (AvgIpc) is 2.90. The van der Waals surface area contributed by atoms with Crippen LogP contribution in [0.15, 0.2) is 0 Å². The molecule has 3 aliphatic heterocycles. The highest BCUT2D eigenvalue weighted by Crippen LogP contribution is 2.33. The molecule has 3 heterocycles. The SMILES string of the molecule is CC(=O)N[C@H]1[C@H](O[C@H]2[C@@H](O)[C@@H](CO)O[C@H](O[C@@H]3[C@H](O)[C@@H](O)[C@H](O)O[C@@H]3CO)[C@@H]2O)O[C@H](CO)[C@H](O)[C@@H]1OS(=O)(=O)O. The summed E-state index contributed by atoms with van der Waals surface area (Å²) in [4.78, 5) is 11.9. The second-order valence-corrected chi connectivity index (χ2v) is 10.6. The number of amides is 1. The van der Waals surface area contributed by atoms with Gasteiger partial charge in [0, 0.05) is 6.92 Å². The molecule has 0 saturated carbocycles. The molecule has 0 aromatic carbocycles. The molecule has 0 spiro atoms. The Morgan fingerprint density at radius 1 is 0.707 bits per heavy atom. The Morgan fingerprint density at radius 2 is 1.22 bits per heavy atom. The predicted octanol–water partition coefficient (Wildman–Crippen LogP) is -7.60. The lowest BCUT2D eigenvalue weighted by atomic mass is 9.95. The number of hydrogen-bond acceptors (Lipinski definition) is 18. The number of ether oxygens (including phenoxy) is 5. The maximum atomic E-state index is 11.9. The molecule has 0 bridgehead atoms. The van der Waals surface area contributed by atoms with Crippen molar-refractivity contribution in [1.29, 1.82) is 0 Å². The first-order valence-corrected chi connectivity index (χ1v) is 13.6. The van der Waals surface area contributed by atoms with E-state index in [9.17, 15) is 63.7 Å². The van der Waals surface area contributed by atoms with E-state index in [0.717, 1.165) is 6.92 Å². The van der Waals surface area contributed by atoms with Crippen LogP contribution in [0.3, 0.4) is 0 Å². The van der Waals surface area contributed by atoms with Gasteiger partial charge in [-0.3, -0.25) is 9.35 Å². The number of aliphatic hydroxyl groups excluding tert-OH is 9. The van der Waals surface area contributed by atoms with Gasteiger partial charge in [-0.05, 0) is 0 Å². The highest BCUT2D eigenvalue weighted by atomic mass is 32.3. The zero-order chi connectivity index (χ0) is 30.8. The molecule has 11 N–H and O–H groups in total. The van der Waals surface area contributed by atoms with Crippen LogP contribution in [0.5, 0.6) is 0 Å². The third-order valence-corrected chi connectivity index (χ3v) is 7.17. The molecule has 20 nitrogen and oxygen atoms in total. The minimum atomic E-state index is -5.26. The largest absolute Gasteiger partial charge is 0.397 e. The Kier molecular flexibility index (Phi) is 11.7. The van der Waals surface area contributed by atoms with Gasteiger partial charge >= 0.3 is 10.4 Å². The number of aliphatic hydroxyl groups is 9. The summed E-state index contributed by atoms with van der Waals surface area (Å²) in [6.07, 6.45) is -25.6. The molecule has 3 rings (SSSR count). The quantitative estimate of drug-likeness (QED) is 0.100. The third-order valence-electron chi connectivity index (χ3n) is 6.70. The van der Waals surface area contributed by atoms with E-state index < -0.39 is 128 Å². The van der Waals surface area contributed by atoms with E-state index in [2.05, 4.69) is 9.50 Å². The molecule has 0 unspecified atom stereocenters. The average molecular weight is 626 g/mol. The van der Waals surface area contributed by atoms with Crippen LogP contribution >= 0.6 is 0 Å². The lowest BCUT2D eigenvalue weighted by Gasteiger charge is -2.48. The Balaban J connectivity index is 1.91. The first-order valence-electron chi connectivity index (χ1n) is 12.2. The van der Waals surface area contributed by atoms with Gasteiger partial charge in [-0.2, -0.15) is 8.42 Å². The monoisotopic (exact) mass is 625 g/mol. The maximum Gasteiger partial charge on any atom is 0.397 e. The molecule has 240 valence electrons. The molecule has 0 aromatic heterocycles. The van der Waals surface area contributed by atoms with E-state index in [1.54, 1.807) is 0 Å². The van der Waals surface area contributed by atoms with Crippen molar-refractivity contribution in [3.8, 4) is 0 Å². The minimum absolute atomic E-state index is 0.838. The van der Waals surface area contributed by atoms with Crippen molar-refractivity contribution in [3.05, 3.63) is 0 Å². The zero-order valence-corrected chi connectivity index (χ0v) is 22.2. The van der Waals surface area contributed by atoms with Gasteiger partial charge in [-0.1, -0.05) is 0 Å². The fourth-order valence-electron chi connectivity index (χ4n) is 4.70. The van der Waals surface area contributed by atoms with Crippen LogP contribution in [0, 0.1) is 0 Å². The molecule has 1 amide bonds. The second-order valence-electron chi connectivity index (χ2n) is 9.57. The summed E-state index contributed by atoms with van der Waals surface area (Å²) in [6.45, 7) is -1.72. The van der Waals surface area contributed by atoms with Crippen LogP contribution in [0.4, 0.5) is 0 Å². The van der Waals surface area contributed by atoms with Crippen LogP contribution in [0.2, 0.25) is 0 Å². The molecule has 0 aromatic rings. The Hall–Kier alpha value is -1.22. The van der Waals surface area contributed by atoms with Crippen molar-refractivity contribution in [2.24, 2.45) is 0 Å². The Labute approximate surface area is 232 Å². The fourth-order valence-corrected chi connectivity index (χ4v) is 5.21. The Morgan fingerprint density at radius 3 is 1.73 bits per heavy atom. The summed E-state index contributed by atoms with van der Waals surface area (Å²) < 4.78 is 63.5. The summed E-state index contributed by atoms with van der Waals surface area (Å²) in [6, 6.07) is -1.76. The van der Waals surface area contributed by atoms with Gasteiger partial charge in [0.1, 0.15) is 73.2 Å². The molecular formula is C20H35NO19S. The molecule has 0 aliphatic carbocycles. The number of rotatable bonds is 10. The lowest BCUT2D eigenvalue weighted by molar-refractivity contribution is -0.372. The van der Waals surface area contributed by atoms with Crippen LogP contribution in [0.1, 0.15) is 6.92 Å². The van der Waals surface area contributed by atoms with Crippen molar-refractivity contribution in [1.82, 2.24) is 5.32 Å². The molecule has 0 radical (unpaired) electrons. The number of hydrogen-bond donors (Lipinski definition) is 11. The molecule has 21 heteroatoms. The molecule has 3 fully saturated rings.